The van der Waals surface area contributed by atoms with Crippen LogP contribution in [-0.2, 0) is 4.74 Å². The number of rotatable bonds is 8. The van der Waals surface area contributed by atoms with Gasteiger partial charge in [-0.2, -0.15) is 0 Å². The Morgan fingerprint density at radius 3 is 2.76 bits per heavy atom. The van der Waals surface area contributed by atoms with Crippen LogP contribution in [0.15, 0.2) is 12.3 Å². The number of ether oxygens (including phenoxy) is 1. The van der Waals surface area contributed by atoms with E-state index in [1.165, 1.54) is 6.07 Å². The van der Waals surface area contributed by atoms with Crippen LogP contribution in [-0.4, -0.2) is 41.2 Å². The van der Waals surface area contributed by atoms with Gasteiger partial charge in [0.2, 0.25) is 0 Å². The fourth-order valence-electron chi connectivity index (χ4n) is 1.66. The first-order valence-electron chi connectivity index (χ1n) is 6.37. The van der Waals surface area contributed by atoms with E-state index >= 15 is 0 Å². The zero-order valence-corrected chi connectivity index (χ0v) is 12.3. The summed E-state index contributed by atoms with van der Waals surface area (Å²) in [6, 6.07) is 1.17. The first kappa shape index (κ1) is 16.8. The Hall–Kier alpha value is -2.22. The summed E-state index contributed by atoms with van der Waals surface area (Å²) in [7, 11) is 1.63. The van der Waals surface area contributed by atoms with Crippen LogP contribution < -0.4 is 5.32 Å². The van der Waals surface area contributed by atoms with Gasteiger partial charge in [-0.15, -0.1) is 0 Å². The van der Waals surface area contributed by atoms with Gasteiger partial charge in [0, 0.05) is 26.3 Å². The molecule has 0 bridgehead atoms. The van der Waals surface area contributed by atoms with Gasteiger partial charge >= 0.3 is 11.7 Å². The molecule has 0 amide bonds. The number of hydrogen-bond donors (Lipinski definition) is 2. The van der Waals surface area contributed by atoms with Crippen LogP contribution in [0.1, 0.15) is 30.6 Å². The maximum absolute atomic E-state index is 11.0. The molecule has 0 atom stereocenters. The second-order valence-corrected chi connectivity index (χ2v) is 5.41. The summed E-state index contributed by atoms with van der Waals surface area (Å²) < 4.78 is 5.03. The van der Waals surface area contributed by atoms with Gasteiger partial charge in [-0.3, -0.25) is 10.1 Å². The predicted molar refractivity (Wildman–Crippen MR) is 76.6 cm³/mol. The van der Waals surface area contributed by atoms with E-state index in [9.17, 15) is 14.9 Å². The molecule has 1 heterocycles. The van der Waals surface area contributed by atoms with Crippen LogP contribution >= 0.6 is 0 Å². The maximum Gasteiger partial charge on any atom is 0.342 e. The summed E-state index contributed by atoms with van der Waals surface area (Å²) in [5, 5.41) is 22.8. The van der Waals surface area contributed by atoms with Crippen molar-refractivity contribution < 1.29 is 19.6 Å². The van der Waals surface area contributed by atoms with E-state index in [0.29, 0.717) is 19.0 Å². The number of aromatic carboxylic acids is 1. The van der Waals surface area contributed by atoms with Crippen molar-refractivity contribution in [3.63, 3.8) is 0 Å². The highest BCUT2D eigenvalue weighted by Crippen LogP contribution is 2.23. The van der Waals surface area contributed by atoms with Gasteiger partial charge in [-0.25, -0.2) is 9.78 Å². The lowest BCUT2D eigenvalue weighted by atomic mass is 9.90. The lowest BCUT2D eigenvalue weighted by molar-refractivity contribution is -0.385. The number of hydrogen-bond acceptors (Lipinski definition) is 6. The first-order valence-corrected chi connectivity index (χ1v) is 6.37. The highest BCUT2D eigenvalue weighted by atomic mass is 16.6. The zero-order chi connectivity index (χ0) is 16.0. The predicted octanol–water partition coefficient (Wildman–Crippen LogP) is 2.16. The molecule has 0 aromatic carbocycles. The fourth-order valence-corrected chi connectivity index (χ4v) is 1.66. The van der Waals surface area contributed by atoms with Crippen LogP contribution in [0.2, 0.25) is 0 Å². The molecule has 0 aliphatic rings. The van der Waals surface area contributed by atoms with Crippen LogP contribution in [0.3, 0.4) is 0 Å². The van der Waals surface area contributed by atoms with Crippen LogP contribution in [0.5, 0.6) is 0 Å². The summed E-state index contributed by atoms with van der Waals surface area (Å²) in [5.74, 6) is -1.06. The zero-order valence-electron chi connectivity index (χ0n) is 12.3. The van der Waals surface area contributed by atoms with E-state index in [-0.39, 0.29) is 11.0 Å². The molecule has 0 radical (unpaired) electrons. The minimum Gasteiger partial charge on any atom is -0.477 e. The highest BCUT2D eigenvalue weighted by molar-refractivity contribution is 5.93. The van der Waals surface area contributed by atoms with E-state index in [2.05, 4.69) is 10.3 Å². The molecule has 0 unspecified atom stereocenters. The van der Waals surface area contributed by atoms with Gasteiger partial charge in [0.1, 0.15) is 17.6 Å². The third kappa shape index (κ3) is 4.99. The Balaban J connectivity index is 2.83. The van der Waals surface area contributed by atoms with Gasteiger partial charge in [-0.1, -0.05) is 13.8 Å². The lowest BCUT2D eigenvalue weighted by Crippen LogP contribution is -2.25. The molecule has 0 saturated carbocycles. The van der Waals surface area contributed by atoms with Crippen molar-refractivity contribution >= 4 is 17.5 Å². The maximum atomic E-state index is 11.0. The molecule has 1 aromatic rings. The van der Waals surface area contributed by atoms with E-state index < -0.39 is 16.6 Å². The number of carbonyl (C=O) groups is 1. The molecular formula is C13H19N3O5. The molecule has 0 spiro atoms. The molecule has 2 N–H and O–H groups in total. The average molecular weight is 297 g/mol. The van der Waals surface area contributed by atoms with Crippen molar-refractivity contribution in [2.75, 3.05) is 25.6 Å². The Morgan fingerprint density at radius 2 is 2.24 bits per heavy atom. The molecule has 0 aliphatic carbocycles. The molecule has 0 saturated heterocycles. The van der Waals surface area contributed by atoms with Crippen LogP contribution in [0, 0.1) is 15.5 Å². The second-order valence-electron chi connectivity index (χ2n) is 5.41. The monoisotopic (exact) mass is 297 g/mol. The van der Waals surface area contributed by atoms with Crippen molar-refractivity contribution in [1.82, 2.24) is 4.98 Å². The van der Waals surface area contributed by atoms with Gasteiger partial charge in [0.15, 0.2) is 0 Å². The van der Waals surface area contributed by atoms with E-state index in [1.807, 2.05) is 13.8 Å². The number of nitrogens with one attached hydrogen (secondary N) is 1. The molecule has 116 valence electrons. The van der Waals surface area contributed by atoms with Crippen molar-refractivity contribution in [2.24, 2.45) is 5.41 Å². The quantitative estimate of drug-likeness (QED) is 0.558. The third-order valence-corrected chi connectivity index (χ3v) is 3.04. The molecular weight excluding hydrogens is 278 g/mol. The number of carboxylic acids is 1. The fraction of sp³-hybridized carbons (Fsp3) is 0.538. The largest absolute Gasteiger partial charge is 0.477 e. The van der Waals surface area contributed by atoms with E-state index in [4.69, 9.17) is 9.84 Å². The molecule has 8 nitrogen and oxygen atoms in total. The van der Waals surface area contributed by atoms with Crippen LogP contribution in [0.25, 0.3) is 0 Å². The third-order valence-electron chi connectivity index (χ3n) is 3.04. The molecule has 21 heavy (non-hydrogen) atoms. The van der Waals surface area contributed by atoms with Crippen molar-refractivity contribution in [3.05, 3.63) is 27.9 Å². The first-order chi connectivity index (χ1) is 9.76. The number of nitrogens with zero attached hydrogens (tertiary/aromatic N) is 2. The van der Waals surface area contributed by atoms with E-state index in [0.717, 1.165) is 12.6 Å². The number of nitro groups is 1. The Labute approximate surface area is 122 Å². The van der Waals surface area contributed by atoms with Crippen molar-refractivity contribution in [2.45, 2.75) is 20.3 Å². The smallest absolute Gasteiger partial charge is 0.342 e. The summed E-state index contributed by atoms with van der Waals surface area (Å²) in [5.41, 5.74) is -0.984. The molecule has 1 aromatic heterocycles. The minimum absolute atomic E-state index is 0.0805. The molecule has 8 heteroatoms. The van der Waals surface area contributed by atoms with E-state index in [1.54, 1.807) is 7.11 Å². The molecule has 1 rings (SSSR count). The van der Waals surface area contributed by atoms with Gasteiger partial charge in [0.25, 0.3) is 0 Å². The second kappa shape index (κ2) is 6.98. The summed E-state index contributed by atoms with van der Waals surface area (Å²) in [4.78, 5) is 24.9. The van der Waals surface area contributed by atoms with Crippen molar-refractivity contribution in [3.8, 4) is 0 Å². The number of methoxy groups -OCH3 is 1. The van der Waals surface area contributed by atoms with Gasteiger partial charge in [0.05, 0.1) is 4.92 Å². The number of anilines is 1. The molecule has 0 aliphatic heterocycles. The van der Waals surface area contributed by atoms with Crippen molar-refractivity contribution in [1.29, 1.82) is 0 Å². The van der Waals surface area contributed by atoms with Crippen LogP contribution in [0.4, 0.5) is 11.5 Å². The normalized spacial score (nSPS) is 11.2. The number of carboxylic acid groups (broad SMARTS) is 1. The topological polar surface area (TPSA) is 115 Å². The van der Waals surface area contributed by atoms with Gasteiger partial charge < -0.3 is 15.2 Å². The Kier molecular flexibility index (Phi) is 5.60. The Bertz CT molecular complexity index is 531. The summed E-state index contributed by atoms with van der Waals surface area (Å²) in [6.45, 7) is 5.22. The lowest BCUT2D eigenvalue weighted by Gasteiger charge is -2.24. The SMILES string of the molecule is COCCC(C)(C)CNc1cc(C(=O)O)c([N+](=O)[O-])cn1. The standard InChI is InChI=1S/C13H19N3O5/c1-13(2,4-5-21-3)8-15-11-6-9(12(17)18)10(7-14-11)16(19)20/h6-7H,4-5,8H2,1-3H3,(H,14,15)(H,17,18). The number of pyridine rings is 1. The summed E-state index contributed by atoms with van der Waals surface area (Å²) in [6.07, 6.45) is 1.77. The van der Waals surface area contributed by atoms with Gasteiger partial charge in [-0.05, 0) is 11.8 Å². The summed E-state index contributed by atoms with van der Waals surface area (Å²) >= 11 is 0. The minimum atomic E-state index is -1.36. The highest BCUT2D eigenvalue weighted by Gasteiger charge is 2.22. The number of aromatic nitrogens is 1. The molecule has 0 fully saturated rings. The Morgan fingerprint density at radius 1 is 1.57 bits per heavy atom. The average Bonchev–Trinajstić information content (AvgIpc) is 2.42.